The van der Waals surface area contributed by atoms with E-state index in [4.69, 9.17) is 5.26 Å². The molecule has 0 aromatic rings. The van der Waals surface area contributed by atoms with Gasteiger partial charge in [0.05, 0.1) is 11.6 Å². The lowest BCUT2D eigenvalue weighted by Crippen LogP contribution is -2.21. The number of nitrogens with one attached hydrogen (secondary N) is 1. The molecule has 0 aromatic carbocycles. The first-order chi connectivity index (χ1) is 6.69. The van der Waals surface area contributed by atoms with Gasteiger partial charge in [-0.25, -0.2) is 4.99 Å². The SMILES string of the molecule is CC=N/C(NC(=O)CC)=C(/C#N)CC. The average Bonchev–Trinajstić information content (AvgIpc) is 2.19. The third-order valence-electron chi connectivity index (χ3n) is 1.61. The zero-order chi connectivity index (χ0) is 11.0. The molecule has 0 aliphatic heterocycles. The maximum absolute atomic E-state index is 11.1. The first-order valence-corrected chi connectivity index (χ1v) is 4.61. The predicted molar refractivity (Wildman–Crippen MR) is 55.5 cm³/mol. The lowest BCUT2D eigenvalue weighted by atomic mass is 10.2. The molecular formula is C10H15N3O. The van der Waals surface area contributed by atoms with Gasteiger partial charge in [-0.05, 0) is 13.3 Å². The van der Waals surface area contributed by atoms with Gasteiger partial charge in [0.2, 0.25) is 5.91 Å². The minimum atomic E-state index is -0.133. The smallest absolute Gasteiger partial charge is 0.225 e. The molecule has 4 heteroatoms. The number of amides is 1. The lowest BCUT2D eigenvalue weighted by Gasteiger charge is -2.05. The molecule has 0 aromatic heterocycles. The first-order valence-electron chi connectivity index (χ1n) is 4.61. The maximum atomic E-state index is 11.1. The van der Waals surface area contributed by atoms with Crippen LogP contribution in [0.25, 0.3) is 0 Å². The summed E-state index contributed by atoms with van der Waals surface area (Å²) in [5.74, 6) is 0.233. The number of carbonyl (C=O) groups excluding carboxylic acids is 1. The number of aliphatic imine (C=N–C) groups is 1. The second-order valence-electron chi connectivity index (χ2n) is 2.58. The Balaban J connectivity index is 4.85. The predicted octanol–water partition coefficient (Wildman–Crippen LogP) is 1.75. The van der Waals surface area contributed by atoms with Crippen LogP contribution in [-0.2, 0) is 4.79 Å². The highest BCUT2D eigenvalue weighted by Crippen LogP contribution is 2.06. The molecule has 0 fully saturated rings. The zero-order valence-corrected chi connectivity index (χ0v) is 8.79. The van der Waals surface area contributed by atoms with E-state index in [1.54, 1.807) is 20.1 Å². The molecule has 76 valence electrons. The van der Waals surface area contributed by atoms with Crippen molar-refractivity contribution in [3.8, 4) is 6.07 Å². The van der Waals surface area contributed by atoms with Gasteiger partial charge in [0.15, 0.2) is 0 Å². The van der Waals surface area contributed by atoms with E-state index in [9.17, 15) is 4.79 Å². The van der Waals surface area contributed by atoms with E-state index in [0.29, 0.717) is 24.2 Å². The Morgan fingerprint density at radius 1 is 1.50 bits per heavy atom. The van der Waals surface area contributed by atoms with Gasteiger partial charge in [-0.15, -0.1) is 0 Å². The molecule has 0 bridgehead atoms. The quantitative estimate of drug-likeness (QED) is 0.546. The van der Waals surface area contributed by atoms with Gasteiger partial charge >= 0.3 is 0 Å². The van der Waals surface area contributed by atoms with Crippen molar-refractivity contribution >= 4 is 12.1 Å². The maximum Gasteiger partial charge on any atom is 0.225 e. The van der Waals surface area contributed by atoms with Crippen molar-refractivity contribution < 1.29 is 4.79 Å². The molecule has 0 unspecified atom stereocenters. The van der Waals surface area contributed by atoms with Crippen molar-refractivity contribution in [2.45, 2.75) is 33.6 Å². The molecule has 14 heavy (non-hydrogen) atoms. The molecule has 0 aliphatic rings. The second kappa shape index (κ2) is 6.84. The van der Waals surface area contributed by atoms with E-state index in [1.165, 1.54) is 0 Å². The summed E-state index contributed by atoms with van der Waals surface area (Å²) < 4.78 is 0. The van der Waals surface area contributed by atoms with Crippen LogP contribution in [0.1, 0.15) is 33.6 Å². The Kier molecular flexibility index (Phi) is 6.04. The molecule has 0 saturated carbocycles. The second-order valence-corrected chi connectivity index (χ2v) is 2.58. The normalized spacial score (nSPS) is 12.1. The van der Waals surface area contributed by atoms with Crippen LogP contribution in [0.2, 0.25) is 0 Å². The highest BCUT2D eigenvalue weighted by molar-refractivity contribution is 5.78. The molecule has 0 spiro atoms. The van der Waals surface area contributed by atoms with Crippen LogP contribution < -0.4 is 5.32 Å². The van der Waals surface area contributed by atoms with Crippen LogP contribution in [0.3, 0.4) is 0 Å². The third-order valence-corrected chi connectivity index (χ3v) is 1.61. The Morgan fingerprint density at radius 3 is 2.50 bits per heavy atom. The highest BCUT2D eigenvalue weighted by atomic mass is 16.1. The van der Waals surface area contributed by atoms with E-state index in [-0.39, 0.29) is 5.91 Å². The molecular weight excluding hydrogens is 178 g/mol. The first kappa shape index (κ1) is 12.4. The summed E-state index contributed by atoms with van der Waals surface area (Å²) in [6.45, 7) is 5.34. The van der Waals surface area contributed by atoms with Gasteiger partial charge in [0, 0.05) is 12.6 Å². The fourth-order valence-electron chi connectivity index (χ4n) is 0.835. The zero-order valence-electron chi connectivity index (χ0n) is 8.79. The van der Waals surface area contributed by atoms with Gasteiger partial charge < -0.3 is 5.32 Å². The molecule has 0 radical (unpaired) electrons. The standard InChI is InChI=1S/C10H15N3O/c1-4-8(7-11)10(12-6-3)13-9(14)5-2/h6H,4-5H2,1-3H3,(H,13,14)/b10-8-,12-6?. The number of allylic oxidation sites excluding steroid dienone is 1. The lowest BCUT2D eigenvalue weighted by molar-refractivity contribution is -0.120. The summed E-state index contributed by atoms with van der Waals surface area (Å²) in [5.41, 5.74) is 0.491. The number of nitrogens with zero attached hydrogens (tertiary/aromatic N) is 2. The van der Waals surface area contributed by atoms with Crippen LogP contribution >= 0.6 is 0 Å². The van der Waals surface area contributed by atoms with Crippen LogP contribution in [-0.4, -0.2) is 12.1 Å². The summed E-state index contributed by atoms with van der Waals surface area (Å²) in [6, 6.07) is 2.02. The molecule has 4 nitrogen and oxygen atoms in total. The van der Waals surface area contributed by atoms with Crippen LogP contribution in [0.15, 0.2) is 16.4 Å². The monoisotopic (exact) mass is 193 g/mol. The molecule has 0 atom stereocenters. The van der Waals surface area contributed by atoms with Crippen molar-refractivity contribution in [1.82, 2.24) is 5.32 Å². The van der Waals surface area contributed by atoms with Crippen LogP contribution in [0.5, 0.6) is 0 Å². The van der Waals surface area contributed by atoms with Gasteiger partial charge in [-0.3, -0.25) is 4.79 Å². The number of carbonyl (C=O) groups is 1. The van der Waals surface area contributed by atoms with Gasteiger partial charge in [0.25, 0.3) is 0 Å². The number of nitriles is 1. The summed E-state index contributed by atoms with van der Waals surface area (Å²) in [6.07, 6.45) is 2.50. The van der Waals surface area contributed by atoms with Crippen LogP contribution in [0, 0.1) is 11.3 Å². The van der Waals surface area contributed by atoms with E-state index < -0.39 is 0 Å². The van der Waals surface area contributed by atoms with E-state index in [2.05, 4.69) is 10.3 Å². The number of hydrogen-bond acceptors (Lipinski definition) is 3. The Labute approximate surface area is 84.3 Å². The van der Waals surface area contributed by atoms with Gasteiger partial charge in [-0.1, -0.05) is 13.8 Å². The van der Waals surface area contributed by atoms with Gasteiger partial charge in [0.1, 0.15) is 5.82 Å². The van der Waals surface area contributed by atoms with Crippen molar-refractivity contribution in [2.24, 2.45) is 4.99 Å². The summed E-state index contributed by atoms with van der Waals surface area (Å²) >= 11 is 0. The summed E-state index contributed by atoms with van der Waals surface area (Å²) in [5, 5.41) is 11.4. The Bertz CT molecular complexity index is 297. The fraction of sp³-hybridized carbons (Fsp3) is 0.500. The molecule has 0 rings (SSSR count). The molecule has 0 aliphatic carbocycles. The van der Waals surface area contributed by atoms with Crippen molar-refractivity contribution in [1.29, 1.82) is 5.26 Å². The topological polar surface area (TPSA) is 65.2 Å². The molecule has 1 amide bonds. The summed E-state index contributed by atoms with van der Waals surface area (Å²) in [4.78, 5) is 15.1. The van der Waals surface area contributed by atoms with Crippen molar-refractivity contribution in [2.75, 3.05) is 0 Å². The van der Waals surface area contributed by atoms with Crippen LogP contribution in [0.4, 0.5) is 0 Å². The van der Waals surface area contributed by atoms with Gasteiger partial charge in [-0.2, -0.15) is 5.26 Å². The van der Waals surface area contributed by atoms with Crippen molar-refractivity contribution in [3.63, 3.8) is 0 Å². The van der Waals surface area contributed by atoms with E-state index in [1.807, 2.05) is 13.0 Å². The molecule has 0 saturated heterocycles. The van der Waals surface area contributed by atoms with E-state index >= 15 is 0 Å². The Hall–Kier alpha value is -1.63. The third kappa shape index (κ3) is 3.85. The average molecular weight is 193 g/mol. The number of hydrogen-bond donors (Lipinski definition) is 1. The Morgan fingerprint density at radius 2 is 2.14 bits per heavy atom. The molecule has 1 N–H and O–H groups in total. The minimum absolute atomic E-state index is 0.133. The highest BCUT2D eigenvalue weighted by Gasteiger charge is 2.05. The fourth-order valence-corrected chi connectivity index (χ4v) is 0.835. The molecule has 0 heterocycles. The van der Waals surface area contributed by atoms with Crippen molar-refractivity contribution in [3.05, 3.63) is 11.4 Å². The minimum Gasteiger partial charge on any atom is -0.310 e. The summed E-state index contributed by atoms with van der Waals surface area (Å²) in [7, 11) is 0. The largest absolute Gasteiger partial charge is 0.310 e. The number of rotatable bonds is 4. The van der Waals surface area contributed by atoms with E-state index in [0.717, 1.165) is 0 Å².